The second-order valence-corrected chi connectivity index (χ2v) is 4.57. The molecule has 84 valence electrons. The summed E-state index contributed by atoms with van der Waals surface area (Å²) < 4.78 is 0. The molecule has 1 saturated carbocycles. The Balaban J connectivity index is 1.94. The van der Waals surface area contributed by atoms with E-state index in [4.69, 9.17) is 5.11 Å². The summed E-state index contributed by atoms with van der Waals surface area (Å²) in [6.45, 7) is 3.79. The van der Waals surface area contributed by atoms with E-state index in [-0.39, 0.29) is 0 Å². The van der Waals surface area contributed by atoms with Crippen LogP contribution >= 0.6 is 0 Å². The molecule has 1 rings (SSSR count). The van der Waals surface area contributed by atoms with Gasteiger partial charge in [-0.05, 0) is 51.5 Å². The molecule has 0 spiro atoms. The molecule has 0 aromatic rings. The normalized spacial score (nSPS) is 20.1. The highest BCUT2D eigenvalue weighted by Crippen LogP contribution is 2.27. The van der Waals surface area contributed by atoms with Crippen LogP contribution in [0.2, 0.25) is 0 Å². The van der Waals surface area contributed by atoms with Gasteiger partial charge in [0.2, 0.25) is 0 Å². The predicted molar refractivity (Wildman–Crippen MR) is 60.4 cm³/mol. The van der Waals surface area contributed by atoms with Crippen molar-refractivity contribution in [1.82, 2.24) is 5.32 Å². The van der Waals surface area contributed by atoms with Crippen LogP contribution in [-0.4, -0.2) is 24.3 Å². The lowest BCUT2D eigenvalue weighted by Gasteiger charge is -2.20. The maximum Gasteiger partial charge on any atom is 0.0431 e. The van der Waals surface area contributed by atoms with Gasteiger partial charge in [-0.15, -0.1) is 0 Å². The molecule has 0 aliphatic heterocycles. The maximum atomic E-state index is 8.63. The first kappa shape index (κ1) is 12.0. The van der Waals surface area contributed by atoms with Crippen LogP contribution in [0.3, 0.4) is 0 Å². The van der Waals surface area contributed by atoms with E-state index < -0.39 is 0 Å². The molecule has 2 nitrogen and oxygen atoms in total. The van der Waals surface area contributed by atoms with Gasteiger partial charge in [0, 0.05) is 12.6 Å². The summed E-state index contributed by atoms with van der Waals surface area (Å²) in [5.74, 6) is 0.924. The van der Waals surface area contributed by atoms with Crippen molar-refractivity contribution < 1.29 is 5.11 Å². The van der Waals surface area contributed by atoms with Crippen molar-refractivity contribution in [3.05, 3.63) is 0 Å². The monoisotopic (exact) mass is 199 g/mol. The summed E-state index contributed by atoms with van der Waals surface area (Å²) in [6.07, 6.45) is 9.02. The quantitative estimate of drug-likeness (QED) is 0.617. The molecular formula is C12H25NO. The van der Waals surface area contributed by atoms with E-state index in [9.17, 15) is 0 Å². The summed E-state index contributed by atoms with van der Waals surface area (Å²) in [5.41, 5.74) is 0. The lowest BCUT2D eigenvalue weighted by Crippen LogP contribution is -2.32. The van der Waals surface area contributed by atoms with Gasteiger partial charge in [0.25, 0.3) is 0 Å². The van der Waals surface area contributed by atoms with Crippen molar-refractivity contribution in [2.75, 3.05) is 13.2 Å². The fraction of sp³-hybridized carbons (Fsp3) is 1.00. The third-order valence-corrected chi connectivity index (χ3v) is 3.41. The fourth-order valence-corrected chi connectivity index (χ4v) is 2.37. The summed E-state index contributed by atoms with van der Waals surface area (Å²) >= 11 is 0. The second-order valence-electron chi connectivity index (χ2n) is 4.57. The van der Waals surface area contributed by atoms with Crippen LogP contribution in [0.15, 0.2) is 0 Å². The summed E-state index contributed by atoms with van der Waals surface area (Å²) in [4.78, 5) is 0. The standard InChI is InChI=1S/C12H25NO/c1-11(12-7-3-4-8-12)13-9-5-2-6-10-14/h11-14H,2-10H2,1H3/t11-/m0/s1. The molecule has 0 aromatic heterocycles. The second kappa shape index (κ2) is 7.24. The van der Waals surface area contributed by atoms with Crippen molar-refractivity contribution in [2.45, 2.75) is 57.9 Å². The molecule has 0 unspecified atom stereocenters. The van der Waals surface area contributed by atoms with Crippen LogP contribution in [0.4, 0.5) is 0 Å². The zero-order valence-corrected chi connectivity index (χ0v) is 9.47. The fourth-order valence-electron chi connectivity index (χ4n) is 2.37. The topological polar surface area (TPSA) is 32.3 Å². The van der Waals surface area contributed by atoms with E-state index in [2.05, 4.69) is 12.2 Å². The molecule has 0 amide bonds. The van der Waals surface area contributed by atoms with Gasteiger partial charge in [0.1, 0.15) is 0 Å². The zero-order valence-electron chi connectivity index (χ0n) is 9.47. The smallest absolute Gasteiger partial charge is 0.0431 e. The predicted octanol–water partition coefficient (Wildman–Crippen LogP) is 2.32. The lowest BCUT2D eigenvalue weighted by atomic mass is 10.00. The van der Waals surface area contributed by atoms with Crippen LogP contribution in [0.1, 0.15) is 51.9 Å². The first-order valence-electron chi connectivity index (χ1n) is 6.19. The van der Waals surface area contributed by atoms with Gasteiger partial charge in [0.05, 0.1) is 0 Å². The van der Waals surface area contributed by atoms with Gasteiger partial charge in [-0.25, -0.2) is 0 Å². The van der Waals surface area contributed by atoms with Crippen molar-refractivity contribution >= 4 is 0 Å². The molecule has 0 aromatic carbocycles. The molecule has 1 aliphatic carbocycles. The van der Waals surface area contributed by atoms with Crippen molar-refractivity contribution in [3.63, 3.8) is 0 Å². The molecule has 1 atom stereocenters. The van der Waals surface area contributed by atoms with Crippen LogP contribution in [-0.2, 0) is 0 Å². The minimum absolute atomic E-state index is 0.345. The first-order valence-corrected chi connectivity index (χ1v) is 6.19. The van der Waals surface area contributed by atoms with Gasteiger partial charge in [-0.3, -0.25) is 0 Å². The lowest BCUT2D eigenvalue weighted by molar-refractivity contribution is 0.281. The SMILES string of the molecule is C[C@H](NCCCCCO)C1CCCC1. The highest BCUT2D eigenvalue weighted by Gasteiger charge is 2.20. The Morgan fingerprint density at radius 3 is 2.57 bits per heavy atom. The van der Waals surface area contributed by atoms with E-state index in [1.165, 1.54) is 32.1 Å². The van der Waals surface area contributed by atoms with Crippen LogP contribution in [0.5, 0.6) is 0 Å². The van der Waals surface area contributed by atoms with Gasteiger partial charge in [-0.1, -0.05) is 12.8 Å². The number of rotatable bonds is 7. The van der Waals surface area contributed by atoms with Crippen molar-refractivity contribution in [3.8, 4) is 0 Å². The Morgan fingerprint density at radius 1 is 1.21 bits per heavy atom. The Morgan fingerprint density at radius 2 is 1.93 bits per heavy atom. The number of hydrogen-bond acceptors (Lipinski definition) is 2. The molecule has 0 saturated heterocycles. The summed E-state index contributed by atoms with van der Waals surface area (Å²) in [7, 11) is 0. The molecule has 1 aliphatic rings. The number of aliphatic hydroxyl groups excluding tert-OH is 1. The zero-order chi connectivity index (χ0) is 10.2. The van der Waals surface area contributed by atoms with Gasteiger partial charge in [0.15, 0.2) is 0 Å². The molecule has 2 N–H and O–H groups in total. The van der Waals surface area contributed by atoms with Gasteiger partial charge >= 0.3 is 0 Å². The minimum atomic E-state index is 0.345. The first-order chi connectivity index (χ1) is 6.84. The highest BCUT2D eigenvalue weighted by molar-refractivity contribution is 4.76. The molecule has 0 bridgehead atoms. The summed E-state index contributed by atoms with van der Waals surface area (Å²) in [5, 5.41) is 12.2. The minimum Gasteiger partial charge on any atom is -0.396 e. The van der Waals surface area contributed by atoms with Crippen LogP contribution in [0, 0.1) is 5.92 Å². The molecule has 0 heterocycles. The Kier molecular flexibility index (Phi) is 6.20. The summed E-state index contributed by atoms with van der Waals surface area (Å²) in [6, 6.07) is 0.701. The molecule has 1 fully saturated rings. The number of hydrogen-bond donors (Lipinski definition) is 2. The Bertz CT molecular complexity index is 132. The van der Waals surface area contributed by atoms with Crippen LogP contribution < -0.4 is 5.32 Å². The van der Waals surface area contributed by atoms with Crippen LogP contribution in [0.25, 0.3) is 0 Å². The van der Waals surface area contributed by atoms with E-state index in [1.807, 2.05) is 0 Å². The molecule has 14 heavy (non-hydrogen) atoms. The van der Waals surface area contributed by atoms with E-state index in [0.29, 0.717) is 12.6 Å². The average molecular weight is 199 g/mol. The van der Waals surface area contributed by atoms with Gasteiger partial charge < -0.3 is 10.4 Å². The average Bonchev–Trinajstić information content (AvgIpc) is 2.70. The third kappa shape index (κ3) is 4.43. The third-order valence-electron chi connectivity index (χ3n) is 3.41. The highest BCUT2D eigenvalue weighted by atomic mass is 16.2. The Hall–Kier alpha value is -0.0800. The van der Waals surface area contributed by atoms with Crippen molar-refractivity contribution in [1.29, 1.82) is 0 Å². The largest absolute Gasteiger partial charge is 0.396 e. The van der Waals surface area contributed by atoms with E-state index in [0.717, 1.165) is 25.3 Å². The maximum absolute atomic E-state index is 8.63. The van der Waals surface area contributed by atoms with Gasteiger partial charge in [-0.2, -0.15) is 0 Å². The molecule has 0 radical (unpaired) electrons. The molecule has 2 heteroatoms. The molecular weight excluding hydrogens is 174 g/mol. The van der Waals surface area contributed by atoms with E-state index in [1.54, 1.807) is 0 Å². The number of unbranched alkanes of at least 4 members (excludes halogenated alkanes) is 2. The number of nitrogens with one attached hydrogen (secondary N) is 1. The number of aliphatic hydroxyl groups is 1. The Labute approximate surface area is 88.1 Å². The van der Waals surface area contributed by atoms with E-state index >= 15 is 0 Å². The van der Waals surface area contributed by atoms with Crippen molar-refractivity contribution in [2.24, 2.45) is 5.92 Å².